The molecule has 0 bridgehead atoms. The molecule has 2 N–H and O–H groups in total. The number of methoxy groups -OCH3 is 1. The summed E-state index contributed by atoms with van der Waals surface area (Å²) in [5.74, 6) is -1.07. The summed E-state index contributed by atoms with van der Waals surface area (Å²) in [7, 11) is -1.39. The van der Waals surface area contributed by atoms with E-state index < -0.39 is 25.0 Å². The number of nitrogens with two attached hydrogens (primary N) is 1. The molecular weight excluding hydrogens is 256 g/mol. The highest BCUT2D eigenvalue weighted by atomic mass is 31.2. The van der Waals surface area contributed by atoms with Crippen LogP contribution < -0.4 is 11.0 Å². The minimum Gasteiger partial charge on any atom is -0.468 e. The summed E-state index contributed by atoms with van der Waals surface area (Å²) in [6.07, 6.45) is 0.182. The van der Waals surface area contributed by atoms with Gasteiger partial charge in [-0.15, -0.1) is 0 Å². The Bertz CT molecular complexity index is 498. The first-order valence-corrected chi connectivity index (χ1v) is 8.03. The number of benzene rings is 1. The first-order valence-electron chi connectivity index (χ1n) is 5.43. The largest absolute Gasteiger partial charge is 0.468 e. The molecule has 1 atom stereocenters. The third-order valence-corrected chi connectivity index (χ3v) is 4.07. The lowest BCUT2D eigenvalue weighted by Crippen LogP contribution is -2.33. The van der Waals surface area contributed by atoms with Gasteiger partial charge in [0.1, 0.15) is 19.0 Å². The standard InChI is InChI=1S/C12H17FNO3P/c1-17-12(15)10(14)7-8-4-5-11(9(13)6-8)18(2,3)16/h4-6,10H,7,14H2,1-3H3. The average Bonchev–Trinajstić information content (AvgIpc) is 2.26. The lowest BCUT2D eigenvalue weighted by molar-refractivity contribution is -0.142. The van der Waals surface area contributed by atoms with E-state index in [9.17, 15) is 13.8 Å². The second-order valence-electron chi connectivity index (χ2n) is 4.47. The highest BCUT2D eigenvalue weighted by molar-refractivity contribution is 7.70. The zero-order valence-electron chi connectivity index (χ0n) is 10.6. The molecule has 1 unspecified atom stereocenters. The van der Waals surface area contributed by atoms with Crippen LogP contribution in [0.25, 0.3) is 0 Å². The van der Waals surface area contributed by atoms with Crippen LogP contribution in [0.1, 0.15) is 5.56 Å². The summed E-state index contributed by atoms with van der Waals surface area (Å²) in [6, 6.07) is 3.55. The highest BCUT2D eigenvalue weighted by Gasteiger charge is 2.19. The van der Waals surface area contributed by atoms with E-state index in [1.165, 1.54) is 32.6 Å². The molecule has 0 aliphatic heterocycles. The van der Waals surface area contributed by atoms with Crippen LogP contribution in [-0.4, -0.2) is 32.5 Å². The molecule has 1 aromatic rings. The summed E-state index contributed by atoms with van der Waals surface area (Å²) in [5.41, 5.74) is 6.15. The first-order chi connectivity index (χ1) is 8.25. The maximum atomic E-state index is 13.8. The van der Waals surface area contributed by atoms with Gasteiger partial charge in [-0.05, 0) is 37.4 Å². The molecule has 0 heterocycles. The molecule has 1 aromatic carbocycles. The summed E-state index contributed by atoms with van der Waals surface area (Å²) < 4.78 is 30.0. The lowest BCUT2D eigenvalue weighted by atomic mass is 10.1. The molecule has 0 aliphatic rings. The van der Waals surface area contributed by atoms with Gasteiger partial charge in [-0.2, -0.15) is 0 Å². The van der Waals surface area contributed by atoms with E-state index in [4.69, 9.17) is 5.73 Å². The topological polar surface area (TPSA) is 69.4 Å². The highest BCUT2D eigenvalue weighted by Crippen LogP contribution is 2.35. The zero-order valence-corrected chi connectivity index (χ0v) is 11.5. The van der Waals surface area contributed by atoms with Crippen molar-refractivity contribution in [3.8, 4) is 0 Å². The molecule has 0 amide bonds. The maximum Gasteiger partial charge on any atom is 0.322 e. The van der Waals surface area contributed by atoms with Crippen LogP contribution in [0.3, 0.4) is 0 Å². The van der Waals surface area contributed by atoms with Gasteiger partial charge in [0.15, 0.2) is 0 Å². The van der Waals surface area contributed by atoms with Gasteiger partial charge in [-0.3, -0.25) is 4.79 Å². The lowest BCUT2D eigenvalue weighted by Gasteiger charge is -2.12. The Kier molecular flexibility index (Phi) is 4.65. The molecule has 0 radical (unpaired) electrons. The number of halogens is 1. The van der Waals surface area contributed by atoms with Crippen LogP contribution in [0.4, 0.5) is 4.39 Å². The van der Waals surface area contributed by atoms with Gasteiger partial charge < -0.3 is 15.0 Å². The molecule has 0 aromatic heterocycles. The van der Waals surface area contributed by atoms with Crippen molar-refractivity contribution in [3.05, 3.63) is 29.6 Å². The predicted octanol–water partition coefficient (Wildman–Crippen LogP) is 1.12. The van der Waals surface area contributed by atoms with Crippen molar-refractivity contribution in [1.82, 2.24) is 0 Å². The van der Waals surface area contributed by atoms with Crippen molar-refractivity contribution in [3.63, 3.8) is 0 Å². The number of hydrogen-bond donors (Lipinski definition) is 1. The van der Waals surface area contributed by atoms with Gasteiger partial charge in [0.05, 0.1) is 7.11 Å². The minimum atomic E-state index is -2.63. The molecule has 18 heavy (non-hydrogen) atoms. The van der Waals surface area contributed by atoms with Crippen LogP contribution >= 0.6 is 7.14 Å². The molecule has 0 spiro atoms. The predicted molar refractivity (Wildman–Crippen MR) is 69.2 cm³/mol. The van der Waals surface area contributed by atoms with E-state index in [0.717, 1.165) is 0 Å². The first kappa shape index (κ1) is 14.9. The van der Waals surface area contributed by atoms with E-state index in [-0.39, 0.29) is 11.7 Å². The van der Waals surface area contributed by atoms with Crippen LogP contribution in [0, 0.1) is 5.82 Å². The molecular formula is C12H17FNO3P. The fourth-order valence-corrected chi connectivity index (χ4v) is 2.62. The van der Waals surface area contributed by atoms with Crippen LogP contribution in [0.2, 0.25) is 0 Å². The summed E-state index contributed by atoms with van der Waals surface area (Å²) in [4.78, 5) is 11.1. The third kappa shape index (κ3) is 3.65. The van der Waals surface area contributed by atoms with Crippen LogP contribution in [-0.2, 0) is 20.5 Å². The zero-order chi connectivity index (χ0) is 13.9. The van der Waals surface area contributed by atoms with Gasteiger partial charge in [0, 0.05) is 5.30 Å². The second kappa shape index (κ2) is 5.63. The Morgan fingerprint density at radius 2 is 2.11 bits per heavy atom. The van der Waals surface area contributed by atoms with Crippen molar-refractivity contribution in [2.75, 3.05) is 20.4 Å². The summed E-state index contributed by atoms with van der Waals surface area (Å²) in [6.45, 7) is 3.01. The Balaban J connectivity index is 2.92. The molecule has 0 saturated heterocycles. The summed E-state index contributed by atoms with van der Waals surface area (Å²) >= 11 is 0. The molecule has 0 saturated carbocycles. The molecule has 6 heteroatoms. The fourth-order valence-electron chi connectivity index (χ4n) is 1.60. The van der Waals surface area contributed by atoms with Gasteiger partial charge in [-0.1, -0.05) is 6.07 Å². The van der Waals surface area contributed by atoms with Gasteiger partial charge in [0.25, 0.3) is 0 Å². The Morgan fingerprint density at radius 1 is 1.50 bits per heavy atom. The quantitative estimate of drug-likeness (QED) is 0.659. The average molecular weight is 273 g/mol. The molecule has 0 aliphatic carbocycles. The van der Waals surface area contributed by atoms with Crippen LogP contribution in [0.15, 0.2) is 18.2 Å². The van der Waals surface area contributed by atoms with Crippen LogP contribution in [0.5, 0.6) is 0 Å². The van der Waals surface area contributed by atoms with E-state index in [2.05, 4.69) is 4.74 Å². The monoisotopic (exact) mass is 273 g/mol. The molecule has 0 fully saturated rings. The van der Waals surface area contributed by atoms with E-state index in [1.807, 2.05) is 0 Å². The number of ether oxygens (including phenoxy) is 1. The second-order valence-corrected chi connectivity index (χ2v) is 7.65. The Labute approximate surface area is 106 Å². The number of rotatable bonds is 4. The number of esters is 1. The Hall–Kier alpha value is -1.19. The number of carbonyl (C=O) groups is 1. The number of hydrogen-bond acceptors (Lipinski definition) is 4. The van der Waals surface area contributed by atoms with E-state index in [0.29, 0.717) is 5.56 Å². The maximum absolute atomic E-state index is 13.8. The van der Waals surface area contributed by atoms with Gasteiger partial charge in [-0.25, -0.2) is 4.39 Å². The van der Waals surface area contributed by atoms with Crippen molar-refractivity contribution >= 4 is 18.4 Å². The number of carbonyl (C=O) groups excluding carboxylic acids is 1. The van der Waals surface area contributed by atoms with E-state index in [1.54, 1.807) is 6.07 Å². The molecule has 100 valence electrons. The third-order valence-electron chi connectivity index (χ3n) is 2.55. The molecule has 4 nitrogen and oxygen atoms in total. The fraction of sp³-hybridized carbons (Fsp3) is 0.417. The van der Waals surface area contributed by atoms with Gasteiger partial charge >= 0.3 is 5.97 Å². The van der Waals surface area contributed by atoms with Crippen molar-refractivity contribution in [2.24, 2.45) is 5.73 Å². The minimum absolute atomic E-state index is 0.182. The molecule has 1 rings (SSSR count). The van der Waals surface area contributed by atoms with E-state index >= 15 is 0 Å². The normalized spacial score (nSPS) is 13.2. The van der Waals surface area contributed by atoms with Crippen molar-refractivity contribution in [2.45, 2.75) is 12.5 Å². The summed E-state index contributed by atoms with van der Waals surface area (Å²) in [5, 5.41) is 0.206. The Morgan fingerprint density at radius 3 is 2.56 bits per heavy atom. The smallest absolute Gasteiger partial charge is 0.322 e. The SMILES string of the molecule is COC(=O)C(N)Cc1ccc(P(C)(C)=O)c(F)c1. The van der Waals surface area contributed by atoms with Gasteiger partial charge in [0.2, 0.25) is 0 Å². The van der Waals surface area contributed by atoms with Crippen molar-refractivity contribution in [1.29, 1.82) is 0 Å². The van der Waals surface area contributed by atoms with Crippen molar-refractivity contribution < 1.29 is 18.5 Å².